The summed E-state index contributed by atoms with van der Waals surface area (Å²) in [7, 11) is -2.15. The van der Waals surface area contributed by atoms with Crippen LogP contribution in [0.2, 0.25) is 0 Å². The first kappa shape index (κ1) is 25.6. The molecule has 2 aromatic carbocycles. The molecule has 1 saturated heterocycles. The molecule has 10 nitrogen and oxygen atoms in total. The van der Waals surface area contributed by atoms with Gasteiger partial charge in [0.1, 0.15) is 5.82 Å². The minimum Gasteiger partial charge on any atom is -0.493 e. The molecule has 1 saturated carbocycles. The fourth-order valence-corrected chi connectivity index (χ4v) is 7.00. The Labute approximate surface area is 226 Å². The molecule has 0 unspecified atom stereocenters. The second kappa shape index (κ2) is 9.82. The number of nitrogens with zero attached hydrogens (tertiary/aromatic N) is 2. The number of anilines is 1. The molecule has 6 rings (SSSR count). The molecule has 11 heteroatoms. The molecule has 0 spiro atoms. The summed E-state index contributed by atoms with van der Waals surface area (Å²) in [4.78, 5) is 18.2. The fourth-order valence-electron chi connectivity index (χ4n) is 5.32. The highest BCUT2D eigenvalue weighted by Crippen LogP contribution is 2.53. The number of aliphatic hydroxyl groups excluding tert-OH is 1. The minimum atomic E-state index is -3.70. The summed E-state index contributed by atoms with van der Waals surface area (Å²) in [5.74, 6) is 1.86. The van der Waals surface area contributed by atoms with Gasteiger partial charge < -0.3 is 24.6 Å². The third kappa shape index (κ3) is 4.50. The Kier molecular flexibility index (Phi) is 6.44. The van der Waals surface area contributed by atoms with Crippen LogP contribution in [0.3, 0.4) is 0 Å². The molecule has 1 amide bonds. The van der Waals surface area contributed by atoms with Crippen LogP contribution in [0.15, 0.2) is 59.5 Å². The van der Waals surface area contributed by atoms with Gasteiger partial charge in [0.2, 0.25) is 28.5 Å². The van der Waals surface area contributed by atoms with Gasteiger partial charge in [-0.3, -0.25) is 4.79 Å². The van der Waals surface area contributed by atoms with Crippen LogP contribution in [0.25, 0.3) is 11.3 Å². The summed E-state index contributed by atoms with van der Waals surface area (Å²) in [5, 5.41) is 12.5. The van der Waals surface area contributed by atoms with Gasteiger partial charge in [-0.2, -0.15) is 4.31 Å². The Bertz CT molecular complexity index is 1520. The van der Waals surface area contributed by atoms with E-state index in [4.69, 9.17) is 14.2 Å². The van der Waals surface area contributed by atoms with Gasteiger partial charge in [0.15, 0.2) is 11.5 Å². The Morgan fingerprint density at radius 3 is 2.69 bits per heavy atom. The van der Waals surface area contributed by atoms with Crippen LogP contribution in [0.5, 0.6) is 17.2 Å². The van der Waals surface area contributed by atoms with E-state index in [0.29, 0.717) is 60.1 Å². The maximum absolute atomic E-state index is 13.4. The average molecular weight is 552 g/mol. The highest BCUT2D eigenvalue weighted by Gasteiger charge is 2.52. The Morgan fingerprint density at radius 1 is 1.18 bits per heavy atom. The van der Waals surface area contributed by atoms with E-state index in [1.165, 1.54) is 4.31 Å². The van der Waals surface area contributed by atoms with Crippen LogP contribution in [-0.4, -0.2) is 61.8 Å². The quantitative estimate of drug-likeness (QED) is 0.437. The van der Waals surface area contributed by atoms with E-state index in [2.05, 4.69) is 10.3 Å². The average Bonchev–Trinajstić information content (AvgIpc) is 3.38. The fraction of sp³-hybridized carbons (Fsp3) is 0.357. The number of aromatic nitrogens is 1. The van der Waals surface area contributed by atoms with Gasteiger partial charge in [-0.25, -0.2) is 13.4 Å². The lowest BCUT2D eigenvalue weighted by Crippen LogP contribution is -2.37. The zero-order valence-electron chi connectivity index (χ0n) is 21.4. The molecule has 204 valence electrons. The normalized spacial score (nSPS) is 19.6. The van der Waals surface area contributed by atoms with Crippen molar-refractivity contribution in [1.82, 2.24) is 9.29 Å². The van der Waals surface area contributed by atoms with Gasteiger partial charge in [0.25, 0.3) is 0 Å². The highest BCUT2D eigenvalue weighted by atomic mass is 32.2. The maximum atomic E-state index is 13.4. The highest BCUT2D eigenvalue weighted by molar-refractivity contribution is 7.89. The summed E-state index contributed by atoms with van der Waals surface area (Å²) in [6.07, 6.45) is 2.75. The molecule has 0 bridgehead atoms. The van der Waals surface area contributed by atoms with Crippen molar-refractivity contribution in [3.63, 3.8) is 0 Å². The molecular weight excluding hydrogens is 522 g/mol. The monoisotopic (exact) mass is 551 g/mol. The lowest BCUT2D eigenvalue weighted by atomic mass is 9.94. The molecule has 39 heavy (non-hydrogen) atoms. The molecule has 1 atom stereocenters. The minimum absolute atomic E-state index is 0.111. The maximum Gasteiger partial charge on any atom is 0.243 e. The number of pyridine rings is 1. The van der Waals surface area contributed by atoms with Gasteiger partial charge in [-0.05, 0) is 67.6 Å². The molecular formula is C28H29N3O7S. The Balaban J connectivity index is 1.20. The van der Waals surface area contributed by atoms with Crippen molar-refractivity contribution in [2.75, 3.05) is 32.4 Å². The third-order valence-corrected chi connectivity index (χ3v) is 9.64. The number of rotatable bonds is 8. The number of methoxy groups -OCH3 is 1. The van der Waals surface area contributed by atoms with E-state index in [0.717, 1.165) is 12.0 Å². The molecule has 2 fully saturated rings. The molecule has 3 aliphatic rings. The zero-order valence-corrected chi connectivity index (χ0v) is 22.2. The molecule has 0 radical (unpaired) electrons. The lowest BCUT2D eigenvalue weighted by molar-refractivity contribution is -0.118. The molecule has 3 aromatic rings. The smallest absolute Gasteiger partial charge is 0.243 e. The van der Waals surface area contributed by atoms with Gasteiger partial charge >= 0.3 is 0 Å². The standard InChI is InChI=1S/C28H29N3O7S/c1-36-23-14-19(15-24-26(23)38-17-37-24)28(11-12-28)27(33)30-25-6-2-5-22(29-25)18-7-9-21(10-8-18)39(34,35)31-13-3-4-20(31)16-32/h2,5-10,14-15,20,32H,3-4,11-13,16-17H2,1H3,(H,29,30,33)/t20-/m1/s1. The van der Waals surface area contributed by atoms with Crippen molar-refractivity contribution < 1.29 is 32.5 Å². The molecule has 2 N–H and O–H groups in total. The summed E-state index contributed by atoms with van der Waals surface area (Å²) >= 11 is 0. The van der Waals surface area contributed by atoms with E-state index in [9.17, 15) is 18.3 Å². The topological polar surface area (TPSA) is 127 Å². The summed E-state index contributed by atoms with van der Waals surface area (Å²) in [6, 6.07) is 15.1. The van der Waals surface area contributed by atoms with E-state index in [1.807, 2.05) is 12.1 Å². The Hall–Kier alpha value is -3.67. The number of sulfonamides is 1. The van der Waals surface area contributed by atoms with Crippen LogP contribution in [-0.2, 0) is 20.2 Å². The number of hydrogen-bond acceptors (Lipinski definition) is 8. The first-order valence-corrected chi connectivity index (χ1v) is 14.3. The third-order valence-electron chi connectivity index (χ3n) is 7.68. The first-order chi connectivity index (χ1) is 18.9. The van der Waals surface area contributed by atoms with Crippen molar-refractivity contribution in [1.29, 1.82) is 0 Å². The Morgan fingerprint density at radius 2 is 1.97 bits per heavy atom. The summed E-state index contributed by atoms with van der Waals surface area (Å²) in [6.45, 7) is 0.321. The number of carbonyl (C=O) groups excluding carboxylic acids is 1. The number of amides is 1. The lowest BCUT2D eigenvalue weighted by Gasteiger charge is -2.22. The van der Waals surface area contributed by atoms with Gasteiger partial charge in [-0.1, -0.05) is 18.2 Å². The number of hydrogen-bond donors (Lipinski definition) is 2. The van der Waals surface area contributed by atoms with Crippen LogP contribution in [0, 0.1) is 0 Å². The molecule has 3 heterocycles. The van der Waals surface area contributed by atoms with Crippen LogP contribution in [0.4, 0.5) is 5.82 Å². The number of nitrogens with one attached hydrogen (secondary N) is 1. The van der Waals surface area contributed by atoms with Crippen molar-refractivity contribution in [3.05, 3.63) is 60.2 Å². The van der Waals surface area contributed by atoms with Crippen molar-refractivity contribution in [2.45, 2.75) is 42.0 Å². The second-order valence-corrected chi connectivity index (χ2v) is 11.9. The molecule has 1 aromatic heterocycles. The SMILES string of the molecule is COc1cc(C2(C(=O)Nc3cccc(-c4ccc(S(=O)(=O)N5CCC[C@@H]5CO)cc4)n3)CC2)cc2c1OCO2. The van der Waals surface area contributed by atoms with Crippen LogP contribution < -0.4 is 19.5 Å². The molecule has 1 aliphatic carbocycles. The second-order valence-electron chi connectivity index (χ2n) is 9.98. The number of ether oxygens (including phenoxy) is 3. The molecule has 2 aliphatic heterocycles. The van der Waals surface area contributed by atoms with Crippen molar-refractivity contribution in [3.8, 4) is 28.5 Å². The summed E-state index contributed by atoms with van der Waals surface area (Å²) in [5.41, 5.74) is 1.41. The summed E-state index contributed by atoms with van der Waals surface area (Å²) < 4.78 is 44.0. The largest absolute Gasteiger partial charge is 0.493 e. The van der Waals surface area contributed by atoms with Crippen molar-refractivity contribution >= 4 is 21.7 Å². The number of fused-ring (bicyclic) bond motifs is 1. The number of benzene rings is 2. The number of aliphatic hydroxyl groups is 1. The van der Waals surface area contributed by atoms with Gasteiger partial charge in [-0.15, -0.1) is 0 Å². The zero-order chi connectivity index (χ0) is 27.2. The van der Waals surface area contributed by atoms with E-state index in [1.54, 1.807) is 49.6 Å². The van der Waals surface area contributed by atoms with Crippen molar-refractivity contribution in [2.24, 2.45) is 0 Å². The van der Waals surface area contributed by atoms with Gasteiger partial charge in [0, 0.05) is 18.2 Å². The van der Waals surface area contributed by atoms with E-state index >= 15 is 0 Å². The van der Waals surface area contributed by atoms with Gasteiger partial charge in [0.05, 0.1) is 29.7 Å². The van der Waals surface area contributed by atoms with Crippen LogP contribution in [0.1, 0.15) is 31.2 Å². The van der Waals surface area contributed by atoms with E-state index in [-0.39, 0.29) is 30.2 Å². The van der Waals surface area contributed by atoms with Crippen LogP contribution >= 0.6 is 0 Å². The van der Waals surface area contributed by atoms with E-state index < -0.39 is 15.4 Å². The predicted octanol–water partition coefficient (Wildman–Crippen LogP) is 3.30. The predicted molar refractivity (Wildman–Crippen MR) is 142 cm³/mol. The number of carbonyl (C=O) groups is 1. The first-order valence-electron chi connectivity index (χ1n) is 12.9.